The molecule has 16 heavy (non-hydrogen) atoms. The number of hydrogen-bond acceptors (Lipinski definition) is 2. The highest BCUT2D eigenvalue weighted by atomic mass is 35.5. The molecule has 0 aromatic heterocycles. The maximum atomic E-state index is 13.0. The van der Waals surface area contributed by atoms with Gasteiger partial charge in [-0.15, -0.1) is 0 Å². The van der Waals surface area contributed by atoms with Gasteiger partial charge in [0.2, 0.25) is 9.84 Å². The summed E-state index contributed by atoms with van der Waals surface area (Å²) in [5.74, 6) is 0. The minimum absolute atomic E-state index is 0.661. The fourth-order valence-corrected chi connectivity index (χ4v) is 2.39. The highest BCUT2D eigenvalue weighted by Gasteiger charge is 2.53. The molecular formula is C9H8ClF3O2S. The summed E-state index contributed by atoms with van der Waals surface area (Å²) in [5.41, 5.74) is -2.58. The number of aryl methyl sites for hydroxylation is 1. The van der Waals surface area contributed by atoms with E-state index in [0.717, 1.165) is 12.1 Å². The molecule has 0 radical (unpaired) electrons. The Kier molecular flexibility index (Phi) is 3.54. The molecule has 0 N–H and O–H groups in total. The molecule has 1 aromatic rings. The normalized spacial score (nSPS) is 14.8. The Morgan fingerprint density at radius 2 is 1.69 bits per heavy atom. The van der Waals surface area contributed by atoms with E-state index in [-0.39, 0.29) is 0 Å². The van der Waals surface area contributed by atoms with Crippen LogP contribution in [0.2, 0.25) is 0 Å². The number of benzene rings is 1. The summed E-state index contributed by atoms with van der Waals surface area (Å²) >= 11 is 4.54. The molecule has 0 saturated carbocycles. The largest absolute Gasteiger partial charge is 0.393 e. The number of sulfone groups is 1. The van der Waals surface area contributed by atoms with Gasteiger partial charge < -0.3 is 0 Å². The number of alkyl halides is 4. The zero-order chi connectivity index (χ0) is 12.6. The van der Waals surface area contributed by atoms with Crippen LogP contribution in [0.15, 0.2) is 29.2 Å². The van der Waals surface area contributed by atoms with Gasteiger partial charge in [0.1, 0.15) is 0 Å². The third-order valence-electron chi connectivity index (χ3n) is 1.94. The van der Waals surface area contributed by atoms with Crippen molar-refractivity contribution in [3.63, 3.8) is 0 Å². The van der Waals surface area contributed by atoms with Gasteiger partial charge in [-0.05, 0) is 19.1 Å². The maximum absolute atomic E-state index is 13.0. The Labute approximate surface area is 96.0 Å². The predicted molar refractivity (Wildman–Crippen MR) is 54.1 cm³/mol. The molecule has 0 spiro atoms. The molecule has 0 bridgehead atoms. The lowest BCUT2D eigenvalue weighted by Crippen LogP contribution is -2.35. The van der Waals surface area contributed by atoms with Crippen molar-refractivity contribution in [1.29, 1.82) is 0 Å². The fraction of sp³-hybridized carbons (Fsp3) is 0.333. The average molecular weight is 273 g/mol. The third kappa shape index (κ3) is 2.17. The third-order valence-corrected chi connectivity index (χ3v) is 4.16. The van der Waals surface area contributed by atoms with Gasteiger partial charge in [-0.25, -0.2) is 12.8 Å². The number of halogens is 4. The second-order valence-electron chi connectivity index (χ2n) is 3.18. The Bertz CT molecular complexity index is 468. The van der Waals surface area contributed by atoms with Crippen molar-refractivity contribution in [3.8, 4) is 0 Å². The molecule has 0 aliphatic heterocycles. The molecule has 0 saturated heterocycles. The summed E-state index contributed by atoms with van der Waals surface area (Å²) < 4.78 is 61.1. The van der Waals surface area contributed by atoms with Crippen LogP contribution >= 0.6 is 11.6 Å². The van der Waals surface area contributed by atoms with Gasteiger partial charge in [0.15, 0.2) is 0 Å². The van der Waals surface area contributed by atoms with Crippen LogP contribution in [0.25, 0.3) is 0 Å². The van der Waals surface area contributed by atoms with E-state index in [2.05, 4.69) is 11.6 Å². The molecule has 90 valence electrons. The lowest BCUT2D eigenvalue weighted by Gasteiger charge is -2.16. The molecule has 1 rings (SSSR count). The highest BCUT2D eigenvalue weighted by molar-refractivity contribution is 7.92. The van der Waals surface area contributed by atoms with Crippen molar-refractivity contribution in [2.45, 2.75) is 22.7 Å². The minimum Gasteiger partial charge on any atom is -0.222 e. The predicted octanol–water partition coefficient (Wildman–Crippen LogP) is 2.90. The second kappa shape index (κ2) is 4.25. The molecule has 0 heterocycles. The van der Waals surface area contributed by atoms with Gasteiger partial charge in [-0.2, -0.15) is 8.78 Å². The molecule has 7 heteroatoms. The van der Waals surface area contributed by atoms with E-state index < -0.39 is 25.6 Å². The monoisotopic (exact) mass is 272 g/mol. The first-order chi connectivity index (χ1) is 7.19. The van der Waals surface area contributed by atoms with Crippen molar-refractivity contribution in [1.82, 2.24) is 0 Å². The Morgan fingerprint density at radius 3 is 2.06 bits per heavy atom. The van der Waals surface area contributed by atoms with E-state index in [1.54, 1.807) is 6.92 Å². The smallest absolute Gasteiger partial charge is 0.222 e. The zero-order valence-electron chi connectivity index (χ0n) is 8.12. The molecule has 0 aliphatic rings. The zero-order valence-corrected chi connectivity index (χ0v) is 9.70. The molecule has 0 aliphatic carbocycles. The van der Waals surface area contributed by atoms with Crippen molar-refractivity contribution in [3.05, 3.63) is 29.8 Å². The number of rotatable bonds is 3. The van der Waals surface area contributed by atoms with Crippen LogP contribution in [0.5, 0.6) is 0 Å². The van der Waals surface area contributed by atoms with Crippen molar-refractivity contribution < 1.29 is 21.6 Å². The number of hydrogen-bond donors (Lipinski definition) is 0. The molecule has 1 aromatic carbocycles. The van der Waals surface area contributed by atoms with Crippen LogP contribution in [0.4, 0.5) is 13.2 Å². The van der Waals surface area contributed by atoms with E-state index in [9.17, 15) is 21.6 Å². The molecule has 1 atom stereocenters. The lowest BCUT2D eigenvalue weighted by molar-refractivity contribution is 0.0423. The van der Waals surface area contributed by atoms with Gasteiger partial charge in [-0.3, -0.25) is 0 Å². The summed E-state index contributed by atoms with van der Waals surface area (Å²) in [5, 5.41) is -4.64. The molecule has 0 amide bonds. The summed E-state index contributed by atoms with van der Waals surface area (Å²) in [6, 6.07) is 4.64. The first-order valence-corrected chi connectivity index (χ1v) is 6.09. The van der Waals surface area contributed by atoms with Crippen molar-refractivity contribution in [2.24, 2.45) is 0 Å². The second-order valence-corrected chi connectivity index (χ2v) is 5.58. The topological polar surface area (TPSA) is 34.1 Å². The summed E-state index contributed by atoms with van der Waals surface area (Å²) in [4.78, 5) is -0.661. The van der Waals surface area contributed by atoms with Crippen LogP contribution in [0.3, 0.4) is 0 Å². The van der Waals surface area contributed by atoms with Gasteiger partial charge in [0.05, 0.1) is 4.90 Å². The minimum atomic E-state index is -5.09. The first-order valence-electron chi connectivity index (χ1n) is 4.17. The van der Waals surface area contributed by atoms with E-state index in [0.29, 0.717) is 5.56 Å². The Hall–Kier alpha value is -0.750. The maximum Gasteiger partial charge on any atom is 0.393 e. The molecular weight excluding hydrogens is 265 g/mol. The van der Waals surface area contributed by atoms with Gasteiger partial charge in [0.25, 0.3) is 5.63 Å². The van der Waals surface area contributed by atoms with Crippen LogP contribution in [-0.4, -0.2) is 19.3 Å². The van der Waals surface area contributed by atoms with E-state index >= 15 is 0 Å². The lowest BCUT2D eigenvalue weighted by atomic mass is 10.2. The fourth-order valence-electron chi connectivity index (χ4n) is 0.992. The van der Waals surface area contributed by atoms with E-state index in [1.807, 2.05) is 0 Å². The average Bonchev–Trinajstić information content (AvgIpc) is 2.17. The molecule has 1 unspecified atom stereocenters. The van der Waals surface area contributed by atoms with E-state index in [1.165, 1.54) is 12.1 Å². The van der Waals surface area contributed by atoms with Crippen LogP contribution in [-0.2, 0) is 9.84 Å². The molecule has 0 fully saturated rings. The Balaban J connectivity index is 3.27. The Morgan fingerprint density at radius 1 is 1.25 bits per heavy atom. The van der Waals surface area contributed by atoms with Crippen LogP contribution < -0.4 is 0 Å². The molecule has 2 nitrogen and oxygen atoms in total. The summed E-state index contributed by atoms with van der Waals surface area (Å²) in [6.07, 6.45) is 0. The SMILES string of the molecule is Cc1ccc(S(=O)(=O)C(F)(F)C(F)Cl)cc1. The highest BCUT2D eigenvalue weighted by Crippen LogP contribution is 2.35. The van der Waals surface area contributed by atoms with Crippen LogP contribution in [0.1, 0.15) is 5.56 Å². The van der Waals surface area contributed by atoms with Crippen LogP contribution in [0, 0.1) is 6.92 Å². The van der Waals surface area contributed by atoms with Crippen molar-refractivity contribution >= 4 is 21.4 Å². The van der Waals surface area contributed by atoms with Gasteiger partial charge in [-0.1, -0.05) is 29.3 Å². The summed E-state index contributed by atoms with van der Waals surface area (Å²) in [6.45, 7) is 1.66. The standard InChI is InChI=1S/C9H8ClF3O2S/c1-6-2-4-7(5-3-6)16(14,15)9(12,13)8(10)11/h2-5,8H,1H3. The van der Waals surface area contributed by atoms with E-state index in [4.69, 9.17) is 0 Å². The quantitative estimate of drug-likeness (QED) is 0.793. The first kappa shape index (κ1) is 13.3. The van der Waals surface area contributed by atoms with Crippen molar-refractivity contribution in [2.75, 3.05) is 0 Å². The van der Waals surface area contributed by atoms with Gasteiger partial charge in [0, 0.05) is 0 Å². The summed E-state index contributed by atoms with van der Waals surface area (Å²) in [7, 11) is -5.09. The van der Waals surface area contributed by atoms with Gasteiger partial charge >= 0.3 is 5.25 Å².